The minimum atomic E-state index is 0.288. The summed E-state index contributed by atoms with van der Waals surface area (Å²) >= 11 is 0. The van der Waals surface area contributed by atoms with Gasteiger partial charge in [-0.3, -0.25) is 0 Å². The molecule has 0 bridgehead atoms. The number of ether oxygens (including phenoxy) is 3. The fourth-order valence-electron chi connectivity index (χ4n) is 3.12. The average Bonchev–Trinajstić information content (AvgIpc) is 3.21. The van der Waals surface area contributed by atoms with Gasteiger partial charge in [0.25, 0.3) is 0 Å². The molecule has 1 aromatic heterocycles. The van der Waals surface area contributed by atoms with Gasteiger partial charge in [-0.2, -0.15) is 10.2 Å². The number of rotatable bonds is 4. The summed E-state index contributed by atoms with van der Waals surface area (Å²) in [6, 6.07) is 12.2. The lowest BCUT2D eigenvalue weighted by molar-refractivity contribution is 0.269. The fraction of sp³-hybridized carbons (Fsp3) is 0.200. The van der Waals surface area contributed by atoms with Crippen LogP contribution in [0.1, 0.15) is 11.5 Å². The molecule has 1 atom stereocenters. The first kappa shape index (κ1) is 15.4. The Morgan fingerprint density at radius 1 is 1.08 bits per heavy atom. The molecule has 1 aliphatic heterocycles. The monoisotopic (exact) mass is 334 g/mol. The van der Waals surface area contributed by atoms with Gasteiger partial charge in [-0.1, -0.05) is 24.3 Å². The van der Waals surface area contributed by atoms with Crippen molar-refractivity contribution < 1.29 is 14.2 Å². The summed E-state index contributed by atoms with van der Waals surface area (Å²) in [4.78, 5) is 0. The predicted molar refractivity (Wildman–Crippen MR) is 95.9 cm³/mol. The molecule has 25 heavy (non-hydrogen) atoms. The lowest BCUT2D eigenvalue weighted by Crippen LogP contribution is -1.98. The quantitative estimate of drug-likeness (QED) is 0.723. The second kappa shape index (κ2) is 6.43. The third-order valence-corrected chi connectivity index (χ3v) is 4.45. The van der Waals surface area contributed by atoms with Gasteiger partial charge in [-0.25, -0.2) is 0 Å². The van der Waals surface area contributed by atoms with Crippen LogP contribution in [0.15, 0.2) is 54.9 Å². The molecule has 126 valence electrons. The van der Waals surface area contributed by atoms with E-state index in [9.17, 15) is 0 Å². The van der Waals surface area contributed by atoms with E-state index >= 15 is 0 Å². The normalized spacial score (nSPS) is 16.0. The van der Waals surface area contributed by atoms with Gasteiger partial charge in [0, 0.05) is 22.9 Å². The summed E-state index contributed by atoms with van der Waals surface area (Å²) < 4.78 is 16.2. The molecule has 1 aliphatic rings. The van der Waals surface area contributed by atoms with Gasteiger partial charge in [-0.15, -0.1) is 0 Å². The zero-order valence-electron chi connectivity index (χ0n) is 14.1. The average molecular weight is 334 g/mol. The largest absolute Gasteiger partial charge is 0.501 e. The topological polar surface area (TPSA) is 53.5 Å². The predicted octanol–water partition coefficient (Wildman–Crippen LogP) is 3.94. The Morgan fingerprint density at radius 3 is 2.68 bits per heavy atom. The zero-order valence-corrected chi connectivity index (χ0v) is 14.1. The first-order valence-electron chi connectivity index (χ1n) is 8.06. The van der Waals surface area contributed by atoms with Crippen molar-refractivity contribution in [2.45, 2.75) is 5.92 Å². The molecule has 2 heterocycles. The molecule has 0 radical (unpaired) electrons. The number of fused-ring (bicyclic) bond motifs is 1. The van der Waals surface area contributed by atoms with E-state index in [0.29, 0.717) is 18.1 Å². The minimum Gasteiger partial charge on any atom is -0.501 e. The van der Waals surface area contributed by atoms with Crippen molar-refractivity contribution in [3.8, 4) is 22.6 Å². The van der Waals surface area contributed by atoms with E-state index in [0.717, 1.165) is 22.0 Å². The van der Waals surface area contributed by atoms with Crippen LogP contribution in [-0.2, 0) is 4.74 Å². The molecule has 1 unspecified atom stereocenters. The Balaban J connectivity index is 1.86. The molecule has 0 saturated heterocycles. The molecule has 0 saturated carbocycles. The number of methoxy groups -OCH3 is 2. The van der Waals surface area contributed by atoms with Crippen LogP contribution in [-0.4, -0.2) is 31.0 Å². The Bertz CT molecular complexity index is 953. The summed E-state index contributed by atoms with van der Waals surface area (Å²) in [6.45, 7) is 0.684. The smallest absolute Gasteiger partial charge is 0.162 e. The highest BCUT2D eigenvalue weighted by Crippen LogP contribution is 2.36. The number of aromatic nitrogens is 2. The second-order valence-corrected chi connectivity index (χ2v) is 5.88. The van der Waals surface area contributed by atoms with Crippen LogP contribution in [0.2, 0.25) is 0 Å². The molecule has 5 heteroatoms. The summed E-state index contributed by atoms with van der Waals surface area (Å²) in [5.74, 6) is 1.60. The lowest BCUT2D eigenvalue weighted by Gasteiger charge is -2.13. The van der Waals surface area contributed by atoms with E-state index in [2.05, 4.69) is 40.5 Å². The molecule has 0 N–H and O–H groups in total. The standard InChI is InChI=1S/C20H18N2O3/c1-23-19-9-16-17(11-21-22-18(16)10-20(19)24-2)14-5-3-4-13(8-14)15-6-7-25-12-15/h3-11,15H,12H2,1-2H3. The van der Waals surface area contributed by atoms with Gasteiger partial charge in [0.15, 0.2) is 11.5 Å². The maximum Gasteiger partial charge on any atom is 0.162 e. The molecule has 0 fully saturated rings. The minimum absolute atomic E-state index is 0.288. The van der Waals surface area contributed by atoms with Crippen molar-refractivity contribution >= 4 is 10.9 Å². The van der Waals surface area contributed by atoms with E-state index in [-0.39, 0.29) is 5.92 Å². The molecule has 4 rings (SSSR count). The molecule has 0 amide bonds. The Morgan fingerprint density at radius 2 is 1.92 bits per heavy atom. The van der Waals surface area contributed by atoms with Crippen molar-refractivity contribution in [2.24, 2.45) is 0 Å². The van der Waals surface area contributed by atoms with Crippen LogP contribution in [0.4, 0.5) is 0 Å². The summed E-state index contributed by atoms with van der Waals surface area (Å²) in [6.07, 6.45) is 5.63. The highest BCUT2D eigenvalue weighted by atomic mass is 16.5. The first-order chi connectivity index (χ1) is 12.3. The Kier molecular flexibility index (Phi) is 3.98. The number of nitrogens with zero attached hydrogens (tertiary/aromatic N) is 2. The van der Waals surface area contributed by atoms with Gasteiger partial charge in [0.2, 0.25) is 0 Å². The maximum absolute atomic E-state index is 5.44. The maximum atomic E-state index is 5.44. The van der Waals surface area contributed by atoms with Crippen LogP contribution in [0.5, 0.6) is 11.5 Å². The van der Waals surface area contributed by atoms with Crippen LogP contribution in [0, 0.1) is 0 Å². The third-order valence-electron chi connectivity index (χ3n) is 4.45. The van der Waals surface area contributed by atoms with Gasteiger partial charge >= 0.3 is 0 Å². The van der Waals surface area contributed by atoms with Crippen molar-refractivity contribution in [1.82, 2.24) is 10.2 Å². The summed E-state index contributed by atoms with van der Waals surface area (Å²) in [5, 5.41) is 9.37. The number of benzene rings is 2. The van der Waals surface area contributed by atoms with Crippen molar-refractivity contribution in [1.29, 1.82) is 0 Å². The van der Waals surface area contributed by atoms with E-state index in [4.69, 9.17) is 14.2 Å². The number of hydrogen-bond acceptors (Lipinski definition) is 5. The summed E-state index contributed by atoms with van der Waals surface area (Å²) in [5.41, 5.74) is 4.09. The highest BCUT2D eigenvalue weighted by molar-refractivity contribution is 5.95. The molecule has 2 aromatic carbocycles. The highest BCUT2D eigenvalue weighted by Gasteiger charge is 2.15. The molecular weight excluding hydrogens is 316 g/mol. The van der Waals surface area contributed by atoms with E-state index < -0.39 is 0 Å². The van der Waals surface area contributed by atoms with Crippen LogP contribution >= 0.6 is 0 Å². The Labute approximate surface area is 145 Å². The lowest BCUT2D eigenvalue weighted by atomic mass is 9.95. The Hall–Kier alpha value is -3.08. The summed E-state index contributed by atoms with van der Waals surface area (Å²) in [7, 11) is 3.24. The van der Waals surface area contributed by atoms with Crippen LogP contribution in [0.25, 0.3) is 22.0 Å². The van der Waals surface area contributed by atoms with Crippen molar-refractivity contribution in [3.63, 3.8) is 0 Å². The van der Waals surface area contributed by atoms with Gasteiger partial charge in [0.1, 0.15) is 0 Å². The molecule has 0 aliphatic carbocycles. The van der Waals surface area contributed by atoms with Crippen molar-refractivity contribution in [3.05, 3.63) is 60.5 Å². The van der Waals surface area contributed by atoms with E-state index in [1.807, 2.05) is 12.1 Å². The van der Waals surface area contributed by atoms with Gasteiger partial charge < -0.3 is 14.2 Å². The van der Waals surface area contributed by atoms with E-state index in [1.54, 1.807) is 26.7 Å². The van der Waals surface area contributed by atoms with Gasteiger partial charge in [-0.05, 0) is 23.3 Å². The van der Waals surface area contributed by atoms with Crippen molar-refractivity contribution in [2.75, 3.05) is 20.8 Å². The van der Waals surface area contributed by atoms with Crippen LogP contribution < -0.4 is 9.47 Å². The molecule has 3 aromatic rings. The number of hydrogen-bond donors (Lipinski definition) is 0. The molecule has 5 nitrogen and oxygen atoms in total. The molecular formula is C20H18N2O3. The first-order valence-corrected chi connectivity index (χ1v) is 8.06. The zero-order chi connectivity index (χ0) is 17.2. The molecule has 0 spiro atoms. The fourth-order valence-corrected chi connectivity index (χ4v) is 3.12. The third kappa shape index (κ3) is 2.78. The van der Waals surface area contributed by atoms with Gasteiger partial charge in [0.05, 0.1) is 38.8 Å². The van der Waals surface area contributed by atoms with E-state index in [1.165, 1.54) is 5.56 Å². The van der Waals surface area contributed by atoms with Crippen LogP contribution in [0.3, 0.4) is 0 Å². The second-order valence-electron chi connectivity index (χ2n) is 5.88. The SMILES string of the molecule is COc1cc2nncc(-c3cccc(C4C=COC4)c3)c2cc1OC.